The number of nitrogens with one attached hydrogen (secondary N) is 1. The van der Waals surface area contributed by atoms with Gasteiger partial charge in [0, 0.05) is 22.6 Å². The van der Waals surface area contributed by atoms with Crippen LogP contribution in [-0.4, -0.2) is 35.2 Å². The standard InChI is InChI=1S/C23H29Cl3N2O4S2/c1-17(5-4-14-33(29,30)27-16-18-6-2-3-7-18)28(23-15-20(25)10-13-22(23)26)34(31,32)21-11-8-19(24)9-12-21/h8-13,15,17-18,27H,2-7,14,16H2,1H3/t17-/m1/s1. The van der Waals surface area contributed by atoms with Gasteiger partial charge in [0.1, 0.15) is 0 Å². The third-order valence-electron chi connectivity index (χ3n) is 6.02. The van der Waals surface area contributed by atoms with Crippen LogP contribution in [0.1, 0.15) is 45.4 Å². The number of sulfonamides is 2. The van der Waals surface area contributed by atoms with Gasteiger partial charge in [-0.2, -0.15) is 0 Å². The Labute approximate surface area is 217 Å². The highest BCUT2D eigenvalue weighted by atomic mass is 35.5. The lowest BCUT2D eigenvalue weighted by atomic mass is 10.1. The highest BCUT2D eigenvalue weighted by Crippen LogP contribution is 2.35. The molecule has 11 heteroatoms. The van der Waals surface area contributed by atoms with E-state index in [9.17, 15) is 16.8 Å². The fraction of sp³-hybridized carbons (Fsp3) is 0.478. The minimum atomic E-state index is -4.03. The Hall–Kier alpha value is -1.03. The summed E-state index contributed by atoms with van der Waals surface area (Å²) in [6.45, 7) is 2.19. The van der Waals surface area contributed by atoms with Gasteiger partial charge in [-0.05, 0) is 81.0 Å². The summed E-state index contributed by atoms with van der Waals surface area (Å²) in [5.74, 6) is 0.320. The van der Waals surface area contributed by atoms with Crippen molar-refractivity contribution >= 4 is 60.5 Å². The van der Waals surface area contributed by atoms with Gasteiger partial charge in [0.15, 0.2) is 0 Å². The van der Waals surface area contributed by atoms with Crippen molar-refractivity contribution in [3.05, 3.63) is 57.5 Å². The highest BCUT2D eigenvalue weighted by molar-refractivity contribution is 7.93. The number of hydrogen-bond acceptors (Lipinski definition) is 4. The quantitative estimate of drug-likeness (QED) is 0.354. The van der Waals surface area contributed by atoms with E-state index in [1.807, 2.05) is 0 Å². The van der Waals surface area contributed by atoms with Gasteiger partial charge in [0.05, 0.1) is 21.4 Å². The Morgan fingerprint density at radius 3 is 2.24 bits per heavy atom. The number of hydrogen-bond donors (Lipinski definition) is 1. The molecule has 0 aromatic heterocycles. The van der Waals surface area contributed by atoms with Crippen LogP contribution in [0.2, 0.25) is 15.1 Å². The molecule has 3 rings (SSSR count). The summed E-state index contributed by atoms with van der Waals surface area (Å²) in [5.41, 5.74) is 0.235. The molecule has 0 heterocycles. The van der Waals surface area contributed by atoms with Crippen molar-refractivity contribution in [2.75, 3.05) is 16.6 Å². The van der Waals surface area contributed by atoms with Crippen LogP contribution in [0.4, 0.5) is 5.69 Å². The molecule has 0 unspecified atom stereocenters. The number of nitrogens with zero attached hydrogens (tertiary/aromatic N) is 1. The van der Waals surface area contributed by atoms with Crippen molar-refractivity contribution in [3.8, 4) is 0 Å². The van der Waals surface area contributed by atoms with Crippen LogP contribution >= 0.6 is 34.8 Å². The number of rotatable bonds is 11. The minimum absolute atomic E-state index is 0.0469. The molecule has 2 aromatic carbocycles. The van der Waals surface area contributed by atoms with Crippen molar-refractivity contribution in [3.63, 3.8) is 0 Å². The zero-order valence-electron chi connectivity index (χ0n) is 18.9. The Kier molecular flexibility index (Phi) is 9.57. The third-order valence-corrected chi connectivity index (χ3v) is 10.2. The van der Waals surface area contributed by atoms with E-state index in [-0.39, 0.29) is 27.8 Å². The van der Waals surface area contributed by atoms with E-state index in [0.29, 0.717) is 28.9 Å². The number of anilines is 1. The van der Waals surface area contributed by atoms with Crippen LogP contribution in [0.15, 0.2) is 47.4 Å². The Balaban J connectivity index is 1.77. The van der Waals surface area contributed by atoms with Crippen LogP contribution in [0.5, 0.6) is 0 Å². The van der Waals surface area contributed by atoms with Crippen molar-refractivity contribution in [1.82, 2.24) is 4.72 Å². The zero-order valence-corrected chi connectivity index (χ0v) is 22.8. The molecule has 34 heavy (non-hydrogen) atoms. The highest BCUT2D eigenvalue weighted by Gasteiger charge is 2.31. The molecule has 1 aliphatic rings. The summed E-state index contributed by atoms with van der Waals surface area (Å²) in [4.78, 5) is 0.0469. The van der Waals surface area contributed by atoms with Gasteiger partial charge in [-0.25, -0.2) is 21.6 Å². The summed E-state index contributed by atoms with van der Waals surface area (Å²) in [6, 6.07) is 9.87. The maximum absolute atomic E-state index is 13.6. The Morgan fingerprint density at radius 2 is 1.59 bits per heavy atom. The molecule has 6 nitrogen and oxygen atoms in total. The topological polar surface area (TPSA) is 83.6 Å². The average Bonchev–Trinajstić information content (AvgIpc) is 3.29. The Bertz CT molecular complexity index is 1180. The van der Waals surface area contributed by atoms with E-state index >= 15 is 0 Å². The van der Waals surface area contributed by atoms with E-state index in [4.69, 9.17) is 34.8 Å². The molecule has 188 valence electrons. The summed E-state index contributed by atoms with van der Waals surface area (Å²) in [7, 11) is -7.47. The second-order valence-corrected chi connectivity index (χ2v) is 13.7. The molecule has 2 aromatic rings. The van der Waals surface area contributed by atoms with E-state index in [1.165, 1.54) is 40.7 Å². The van der Waals surface area contributed by atoms with Crippen molar-refractivity contribution in [2.24, 2.45) is 5.92 Å². The Morgan fingerprint density at radius 1 is 0.971 bits per heavy atom. The lowest BCUT2D eigenvalue weighted by molar-refractivity contribution is 0.517. The molecule has 0 bridgehead atoms. The van der Waals surface area contributed by atoms with Crippen molar-refractivity contribution < 1.29 is 16.8 Å². The minimum Gasteiger partial charge on any atom is -0.262 e. The van der Waals surface area contributed by atoms with Gasteiger partial charge in [-0.3, -0.25) is 4.31 Å². The zero-order chi connectivity index (χ0) is 24.9. The first kappa shape index (κ1) is 27.6. The van der Waals surface area contributed by atoms with Crippen molar-refractivity contribution in [1.29, 1.82) is 0 Å². The summed E-state index contributed by atoms with van der Waals surface area (Å²) in [6.07, 6.45) is 4.99. The second kappa shape index (κ2) is 11.8. The first-order chi connectivity index (χ1) is 16.0. The third kappa shape index (κ3) is 7.24. The fourth-order valence-corrected chi connectivity index (χ4v) is 7.62. The molecule has 0 radical (unpaired) electrons. The van der Waals surface area contributed by atoms with Crippen LogP contribution in [0, 0.1) is 5.92 Å². The van der Waals surface area contributed by atoms with E-state index in [2.05, 4.69) is 4.72 Å². The average molecular weight is 568 g/mol. The molecular weight excluding hydrogens is 539 g/mol. The molecule has 1 aliphatic carbocycles. The van der Waals surface area contributed by atoms with E-state index in [1.54, 1.807) is 13.0 Å². The molecule has 0 saturated heterocycles. The van der Waals surface area contributed by atoms with Gasteiger partial charge in [0.25, 0.3) is 10.0 Å². The molecule has 1 N–H and O–H groups in total. The predicted molar refractivity (Wildman–Crippen MR) is 140 cm³/mol. The molecule has 0 spiro atoms. The van der Waals surface area contributed by atoms with Crippen LogP contribution in [-0.2, 0) is 20.0 Å². The lowest BCUT2D eigenvalue weighted by Crippen LogP contribution is -2.39. The number of halogens is 3. The van der Waals surface area contributed by atoms with Crippen molar-refractivity contribution in [2.45, 2.75) is 56.4 Å². The summed E-state index contributed by atoms with van der Waals surface area (Å²) >= 11 is 18.5. The van der Waals surface area contributed by atoms with Crippen LogP contribution in [0.25, 0.3) is 0 Å². The summed E-state index contributed by atoms with van der Waals surface area (Å²) in [5, 5.41) is 0.968. The number of benzene rings is 2. The van der Waals surface area contributed by atoms with E-state index < -0.39 is 26.1 Å². The largest absolute Gasteiger partial charge is 0.264 e. The molecule has 1 saturated carbocycles. The first-order valence-corrected chi connectivity index (χ1v) is 15.4. The van der Waals surface area contributed by atoms with Gasteiger partial charge in [-0.1, -0.05) is 47.6 Å². The normalized spacial score (nSPS) is 16.0. The van der Waals surface area contributed by atoms with Gasteiger partial charge < -0.3 is 0 Å². The maximum Gasteiger partial charge on any atom is 0.264 e. The second-order valence-electron chi connectivity index (χ2n) is 8.66. The smallest absolute Gasteiger partial charge is 0.262 e. The summed E-state index contributed by atoms with van der Waals surface area (Å²) < 4.78 is 56.1. The lowest BCUT2D eigenvalue weighted by Gasteiger charge is -2.31. The van der Waals surface area contributed by atoms with Gasteiger partial charge in [0.2, 0.25) is 10.0 Å². The van der Waals surface area contributed by atoms with Gasteiger partial charge >= 0.3 is 0 Å². The SMILES string of the molecule is C[C@H](CCCS(=O)(=O)NCC1CCCC1)N(c1cc(Cl)ccc1Cl)S(=O)(=O)c1ccc(Cl)cc1. The van der Waals surface area contributed by atoms with E-state index in [0.717, 1.165) is 25.7 Å². The van der Waals surface area contributed by atoms with Gasteiger partial charge in [-0.15, -0.1) is 0 Å². The van der Waals surface area contributed by atoms with Crippen LogP contribution in [0.3, 0.4) is 0 Å². The molecular formula is C23H29Cl3N2O4S2. The maximum atomic E-state index is 13.6. The molecule has 0 amide bonds. The van der Waals surface area contributed by atoms with Crippen LogP contribution < -0.4 is 9.03 Å². The molecule has 0 aliphatic heterocycles. The monoisotopic (exact) mass is 566 g/mol. The predicted octanol–water partition coefficient (Wildman–Crippen LogP) is 6.12. The first-order valence-electron chi connectivity index (χ1n) is 11.2. The fourth-order valence-electron chi connectivity index (χ4n) is 4.20. The molecule has 1 atom stereocenters. The molecule has 1 fully saturated rings.